The topological polar surface area (TPSA) is 72.5 Å². The molecule has 1 fully saturated rings. The molecule has 23 heavy (non-hydrogen) atoms. The van der Waals surface area contributed by atoms with Crippen molar-refractivity contribution in [3.05, 3.63) is 35.7 Å². The Morgan fingerprint density at radius 2 is 2.04 bits per heavy atom. The van der Waals surface area contributed by atoms with Crippen LogP contribution in [0.25, 0.3) is 0 Å². The number of nitrogens with zero attached hydrogens (tertiary/aromatic N) is 1. The van der Waals surface area contributed by atoms with Crippen LogP contribution in [0.5, 0.6) is 11.6 Å². The van der Waals surface area contributed by atoms with Crippen LogP contribution in [0.15, 0.2) is 35.7 Å². The summed E-state index contributed by atoms with van der Waals surface area (Å²) in [6.45, 7) is 1.47. The van der Waals surface area contributed by atoms with Crippen molar-refractivity contribution in [3.8, 4) is 11.6 Å². The van der Waals surface area contributed by atoms with Crippen LogP contribution in [-0.2, 0) is 4.79 Å². The summed E-state index contributed by atoms with van der Waals surface area (Å²) < 4.78 is 15.4. The molecule has 1 amide bonds. The third kappa shape index (κ3) is 3.46. The summed E-state index contributed by atoms with van der Waals surface area (Å²) in [5.41, 5.74) is -0.309. The maximum Gasteiger partial charge on any atom is 0.268 e. The SMILES string of the molecule is COc1nscc1NC(=O)C1(Oc2ccccc2)CCNCC1. The lowest BCUT2D eigenvalue weighted by Gasteiger charge is -2.36. The molecule has 1 aromatic carbocycles. The van der Waals surface area contributed by atoms with Crippen LogP contribution in [0, 0.1) is 0 Å². The molecule has 2 aromatic rings. The van der Waals surface area contributed by atoms with E-state index in [9.17, 15) is 4.79 Å². The van der Waals surface area contributed by atoms with Crippen molar-refractivity contribution in [2.24, 2.45) is 0 Å². The standard InChI is InChI=1S/C16H19N3O3S/c1-21-14-13(11-23-19-14)18-15(20)16(7-9-17-10-8-16)22-12-5-3-2-4-6-12/h2-6,11,17H,7-10H2,1H3,(H,18,20). The first-order chi connectivity index (χ1) is 11.2. The predicted octanol–water partition coefficient (Wildman–Crippen LogP) is 2.29. The van der Waals surface area contributed by atoms with Gasteiger partial charge in [0.25, 0.3) is 5.91 Å². The van der Waals surface area contributed by atoms with Crippen molar-refractivity contribution in [1.29, 1.82) is 0 Å². The zero-order valence-corrected chi connectivity index (χ0v) is 13.7. The Labute approximate surface area is 139 Å². The first-order valence-corrected chi connectivity index (χ1v) is 8.32. The van der Waals surface area contributed by atoms with E-state index in [1.54, 1.807) is 5.38 Å². The van der Waals surface area contributed by atoms with Crippen LogP contribution in [0.3, 0.4) is 0 Å². The molecule has 0 saturated carbocycles. The molecule has 2 N–H and O–H groups in total. The van der Waals surface area contributed by atoms with Gasteiger partial charge in [0.2, 0.25) is 5.88 Å². The average molecular weight is 333 g/mol. The summed E-state index contributed by atoms with van der Waals surface area (Å²) in [5, 5.41) is 7.93. The van der Waals surface area contributed by atoms with E-state index in [2.05, 4.69) is 15.0 Å². The van der Waals surface area contributed by atoms with Crippen molar-refractivity contribution >= 4 is 23.1 Å². The van der Waals surface area contributed by atoms with Gasteiger partial charge in [-0.3, -0.25) is 4.79 Å². The number of piperidine rings is 1. The Kier molecular flexibility index (Phi) is 4.78. The second-order valence-corrected chi connectivity index (χ2v) is 5.98. The van der Waals surface area contributed by atoms with Gasteiger partial charge < -0.3 is 20.1 Å². The number of carbonyl (C=O) groups is 1. The average Bonchev–Trinajstić information content (AvgIpc) is 3.04. The number of carbonyl (C=O) groups excluding carboxylic acids is 1. The molecule has 1 aromatic heterocycles. The molecule has 2 heterocycles. The van der Waals surface area contributed by atoms with Gasteiger partial charge in [0.15, 0.2) is 5.60 Å². The molecule has 7 heteroatoms. The van der Waals surface area contributed by atoms with Crippen molar-refractivity contribution in [2.75, 3.05) is 25.5 Å². The van der Waals surface area contributed by atoms with E-state index in [-0.39, 0.29) is 5.91 Å². The van der Waals surface area contributed by atoms with Crippen LogP contribution in [0.2, 0.25) is 0 Å². The largest absolute Gasteiger partial charge is 0.479 e. The van der Waals surface area contributed by atoms with Gasteiger partial charge in [0.1, 0.15) is 11.4 Å². The number of nitrogens with one attached hydrogen (secondary N) is 2. The van der Waals surface area contributed by atoms with E-state index in [1.165, 1.54) is 18.6 Å². The number of ether oxygens (including phenoxy) is 2. The summed E-state index contributed by atoms with van der Waals surface area (Å²) in [4.78, 5) is 12.9. The summed E-state index contributed by atoms with van der Waals surface area (Å²) in [6.07, 6.45) is 1.21. The van der Waals surface area contributed by atoms with E-state index >= 15 is 0 Å². The molecule has 1 aliphatic heterocycles. The summed E-state index contributed by atoms with van der Waals surface area (Å²) in [6, 6.07) is 9.44. The molecular formula is C16H19N3O3S. The van der Waals surface area contributed by atoms with Crippen LogP contribution >= 0.6 is 11.5 Å². The van der Waals surface area contributed by atoms with Crippen LogP contribution < -0.4 is 20.1 Å². The zero-order chi connectivity index (χ0) is 16.1. The van der Waals surface area contributed by atoms with Gasteiger partial charge in [0, 0.05) is 18.2 Å². The fourth-order valence-electron chi connectivity index (χ4n) is 2.61. The molecule has 3 rings (SSSR count). The maximum atomic E-state index is 12.9. The second-order valence-electron chi connectivity index (χ2n) is 5.35. The zero-order valence-electron chi connectivity index (χ0n) is 12.9. The summed E-state index contributed by atoms with van der Waals surface area (Å²) in [7, 11) is 1.53. The number of anilines is 1. The van der Waals surface area contributed by atoms with Crippen molar-refractivity contribution in [1.82, 2.24) is 9.69 Å². The van der Waals surface area contributed by atoms with Gasteiger partial charge in [-0.25, -0.2) is 0 Å². The fraction of sp³-hybridized carbons (Fsp3) is 0.375. The molecule has 1 aliphatic rings. The number of methoxy groups -OCH3 is 1. The fourth-order valence-corrected chi connectivity index (χ4v) is 3.20. The van der Waals surface area contributed by atoms with E-state index < -0.39 is 5.60 Å². The molecule has 0 unspecified atom stereocenters. The Balaban J connectivity index is 1.82. The highest BCUT2D eigenvalue weighted by Crippen LogP contribution is 2.30. The Hall–Kier alpha value is -2.12. The molecular weight excluding hydrogens is 314 g/mol. The number of rotatable bonds is 5. The number of hydrogen-bond donors (Lipinski definition) is 2. The van der Waals surface area contributed by atoms with Crippen molar-refractivity contribution in [2.45, 2.75) is 18.4 Å². The summed E-state index contributed by atoms with van der Waals surface area (Å²) in [5.74, 6) is 0.952. The number of hydrogen-bond acceptors (Lipinski definition) is 6. The van der Waals surface area contributed by atoms with E-state index in [4.69, 9.17) is 9.47 Å². The van der Waals surface area contributed by atoms with Crippen molar-refractivity contribution in [3.63, 3.8) is 0 Å². The molecule has 6 nitrogen and oxygen atoms in total. The quantitative estimate of drug-likeness (QED) is 0.878. The minimum atomic E-state index is -0.889. The lowest BCUT2D eigenvalue weighted by Crippen LogP contribution is -2.54. The predicted molar refractivity (Wildman–Crippen MR) is 89.2 cm³/mol. The number of para-hydroxylation sites is 1. The third-order valence-corrected chi connectivity index (χ3v) is 4.47. The highest BCUT2D eigenvalue weighted by Gasteiger charge is 2.42. The molecule has 0 spiro atoms. The van der Waals surface area contributed by atoms with Gasteiger partial charge >= 0.3 is 0 Å². The Morgan fingerprint density at radius 1 is 1.30 bits per heavy atom. The Morgan fingerprint density at radius 3 is 2.74 bits per heavy atom. The minimum Gasteiger partial charge on any atom is -0.479 e. The van der Waals surface area contributed by atoms with E-state index in [1.807, 2.05) is 30.3 Å². The molecule has 0 aliphatic carbocycles. The first-order valence-electron chi connectivity index (χ1n) is 7.48. The second kappa shape index (κ2) is 6.97. The summed E-state index contributed by atoms with van der Waals surface area (Å²) >= 11 is 1.24. The lowest BCUT2D eigenvalue weighted by atomic mass is 9.90. The van der Waals surface area contributed by atoms with Gasteiger partial charge in [-0.1, -0.05) is 18.2 Å². The normalized spacial score (nSPS) is 16.6. The highest BCUT2D eigenvalue weighted by molar-refractivity contribution is 7.04. The van der Waals surface area contributed by atoms with Crippen LogP contribution in [-0.4, -0.2) is 36.1 Å². The molecule has 0 radical (unpaired) electrons. The number of amides is 1. The first kappa shape index (κ1) is 15.8. The Bertz CT molecular complexity index is 654. The van der Waals surface area contributed by atoms with Gasteiger partial charge in [-0.2, -0.15) is 4.37 Å². The smallest absolute Gasteiger partial charge is 0.268 e. The molecule has 1 saturated heterocycles. The molecule has 0 bridgehead atoms. The number of benzene rings is 1. The van der Waals surface area contributed by atoms with Gasteiger partial charge in [-0.15, -0.1) is 0 Å². The molecule has 122 valence electrons. The van der Waals surface area contributed by atoms with E-state index in [0.717, 1.165) is 13.1 Å². The monoisotopic (exact) mass is 333 g/mol. The lowest BCUT2D eigenvalue weighted by molar-refractivity contribution is -0.133. The third-order valence-electron chi connectivity index (χ3n) is 3.86. The van der Waals surface area contributed by atoms with Crippen molar-refractivity contribution < 1.29 is 14.3 Å². The molecule has 0 atom stereocenters. The van der Waals surface area contributed by atoms with Gasteiger partial charge in [0.05, 0.1) is 7.11 Å². The highest BCUT2D eigenvalue weighted by atomic mass is 32.1. The minimum absolute atomic E-state index is 0.165. The van der Waals surface area contributed by atoms with Crippen LogP contribution in [0.1, 0.15) is 12.8 Å². The van der Waals surface area contributed by atoms with Crippen LogP contribution in [0.4, 0.5) is 5.69 Å². The van der Waals surface area contributed by atoms with Gasteiger partial charge in [-0.05, 0) is 36.8 Å². The maximum absolute atomic E-state index is 12.9. The number of aromatic nitrogens is 1. The van der Waals surface area contributed by atoms with E-state index in [0.29, 0.717) is 30.2 Å².